The van der Waals surface area contributed by atoms with Crippen molar-refractivity contribution < 1.29 is 0 Å². The van der Waals surface area contributed by atoms with Gasteiger partial charge in [-0.25, -0.2) is 4.68 Å². The highest BCUT2D eigenvalue weighted by atomic mass is 79.9. The summed E-state index contributed by atoms with van der Waals surface area (Å²) in [6, 6.07) is 0. The molecule has 1 N–H and O–H groups in total. The number of rotatable bonds is 6. The van der Waals surface area contributed by atoms with Crippen LogP contribution in [0.25, 0.3) is 0 Å². The molecule has 0 saturated carbocycles. The van der Waals surface area contributed by atoms with E-state index < -0.39 is 0 Å². The number of aromatic nitrogens is 2. The van der Waals surface area contributed by atoms with Gasteiger partial charge in [0.1, 0.15) is 4.47 Å². The van der Waals surface area contributed by atoms with Gasteiger partial charge in [-0.1, -0.05) is 13.3 Å². The molecule has 0 aliphatic rings. The highest BCUT2D eigenvalue weighted by Gasteiger charge is 2.07. The first-order valence-electron chi connectivity index (χ1n) is 6.09. The maximum absolute atomic E-state index is 12.0. The lowest BCUT2D eigenvalue weighted by Gasteiger charge is -2.09. The minimum atomic E-state index is -0.0879. The van der Waals surface area contributed by atoms with Gasteiger partial charge >= 0.3 is 0 Å². The lowest BCUT2D eigenvalue weighted by Crippen LogP contribution is -2.24. The summed E-state index contributed by atoms with van der Waals surface area (Å²) >= 11 is 3.32. The number of hydrogen-bond donors (Lipinski definition) is 1. The van der Waals surface area contributed by atoms with Crippen LogP contribution in [0.3, 0.4) is 0 Å². The molecule has 0 saturated heterocycles. The SMILES string of the molecule is CC#CCCNc1cnn(CCCC)c(=O)c1Br. The van der Waals surface area contributed by atoms with Gasteiger partial charge in [0.05, 0.1) is 11.9 Å². The molecule has 98 valence electrons. The third kappa shape index (κ3) is 4.19. The summed E-state index contributed by atoms with van der Waals surface area (Å²) in [5, 5.41) is 7.30. The van der Waals surface area contributed by atoms with E-state index in [4.69, 9.17) is 0 Å². The molecule has 18 heavy (non-hydrogen) atoms. The summed E-state index contributed by atoms with van der Waals surface area (Å²) in [6.45, 7) is 5.27. The van der Waals surface area contributed by atoms with Crippen molar-refractivity contribution in [2.75, 3.05) is 11.9 Å². The van der Waals surface area contributed by atoms with E-state index in [2.05, 4.69) is 45.1 Å². The normalized spacial score (nSPS) is 9.72. The molecule has 5 heteroatoms. The number of anilines is 1. The standard InChI is InChI=1S/C13H18BrN3O/c1-3-5-7-8-15-11-10-16-17(9-6-4-2)13(18)12(11)14/h10,15H,4,6-9H2,1-2H3. The number of aryl methyl sites for hydroxylation is 1. The Kier molecular flexibility index (Phi) is 6.51. The number of unbranched alkanes of at least 4 members (excludes halogenated alkanes) is 1. The van der Waals surface area contributed by atoms with Crippen molar-refractivity contribution in [3.63, 3.8) is 0 Å². The third-order valence-corrected chi connectivity index (χ3v) is 3.22. The molecule has 0 unspecified atom stereocenters. The van der Waals surface area contributed by atoms with E-state index in [1.807, 2.05) is 6.92 Å². The van der Waals surface area contributed by atoms with E-state index >= 15 is 0 Å². The smallest absolute Gasteiger partial charge is 0.283 e. The Morgan fingerprint density at radius 2 is 2.33 bits per heavy atom. The summed E-state index contributed by atoms with van der Waals surface area (Å²) < 4.78 is 2.03. The first-order chi connectivity index (χ1) is 8.70. The van der Waals surface area contributed by atoms with Crippen LogP contribution in [0.15, 0.2) is 15.5 Å². The molecule has 0 aromatic carbocycles. The van der Waals surface area contributed by atoms with Gasteiger partial charge in [0, 0.05) is 19.5 Å². The average molecular weight is 312 g/mol. The highest BCUT2D eigenvalue weighted by Crippen LogP contribution is 2.15. The summed E-state index contributed by atoms with van der Waals surface area (Å²) in [5.41, 5.74) is 0.640. The quantitative estimate of drug-likeness (QED) is 0.649. The van der Waals surface area contributed by atoms with Crippen molar-refractivity contribution in [2.45, 2.75) is 39.7 Å². The summed E-state index contributed by atoms with van der Waals surface area (Å²) in [7, 11) is 0. The lowest BCUT2D eigenvalue weighted by molar-refractivity contribution is 0.541. The Hall–Kier alpha value is -1.28. The first kappa shape index (κ1) is 14.8. The Bertz CT molecular complexity index is 499. The molecule has 0 bridgehead atoms. The van der Waals surface area contributed by atoms with Crippen LogP contribution in [-0.4, -0.2) is 16.3 Å². The van der Waals surface area contributed by atoms with Gasteiger partial charge in [-0.15, -0.1) is 11.8 Å². The fraction of sp³-hybridized carbons (Fsp3) is 0.538. The van der Waals surface area contributed by atoms with E-state index in [-0.39, 0.29) is 5.56 Å². The molecular formula is C13H18BrN3O. The van der Waals surface area contributed by atoms with Crippen molar-refractivity contribution in [1.82, 2.24) is 9.78 Å². The summed E-state index contributed by atoms with van der Waals surface area (Å²) in [6.07, 6.45) is 4.43. The van der Waals surface area contributed by atoms with Crippen LogP contribution in [-0.2, 0) is 6.54 Å². The van der Waals surface area contributed by atoms with Crippen LogP contribution >= 0.6 is 15.9 Å². The molecule has 1 aromatic rings. The molecule has 1 heterocycles. The van der Waals surface area contributed by atoms with Gasteiger partial charge in [-0.3, -0.25) is 4.79 Å². The van der Waals surface area contributed by atoms with Crippen molar-refractivity contribution in [1.29, 1.82) is 0 Å². The largest absolute Gasteiger partial charge is 0.382 e. The topological polar surface area (TPSA) is 46.9 Å². The molecule has 4 nitrogen and oxygen atoms in total. The van der Waals surface area contributed by atoms with Gasteiger partial charge in [-0.2, -0.15) is 5.10 Å². The molecule has 0 aliphatic heterocycles. The lowest BCUT2D eigenvalue weighted by atomic mass is 10.3. The third-order valence-electron chi connectivity index (χ3n) is 2.45. The fourth-order valence-corrected chi connectivity index (χ4v) is 1.89. The molecule has 0 fully saturated rings. The molecule has 0 radical (unpaired) electrons. The minimum Gasteiger partial charge on any atom is -0.382 e. The molecular weight excluding hydrogens is 294 g/mol. The van der Waals surface area contributed by atoms with Crippen LogP contribution in [0.1, 0.15) is 33.1 Å². The molecule has 0 spiro atoms. The van der Waals surface area contributed by atoms with Crippen molar-refractivity contribution in [2.24, 2.45) is 0 Å². The molecule has 1 aromatic heterocycles. The number of halogens is 1. The van der Waals surface area contributed by atoms with Crippen molar-refractivity contribution >= 4 is 21.6 Å². The maximum atomic E-state index is 12.0. The number of hydrogen-bond acceptors (Lipinski definition) is 3. The second kappa shape index (κ2) is 7.93. The van der Waals surface area contributed by atoms with Crippen molar-refractivity contribution in [3.05, 3.63) is 21.0 Å². The first-order valence-corrected chi connectivity index (χ1v) is 6.89. The van der Waals surface area contributed by atoms with Gasteiger partial charge < -0.3 is 5.32 Å². The molecule has 0 aliphatic carbocycles. The number of nitrogens with one attached hydrogen (secondary N) is 1. The monoisotopic (exact) mass is 311 g/mol. The molecule has 0 atom stereocenters. The molecule has 0 amide bonds. The zero-order valence-corrected chi connectivity index (χ0v) is 12.4. The fourth-order valence-electron chi connectivity index (χ4n) is 1.44. The van der Waals surface area contributed by atoms with Gasteiger partial charge in [0.25, 0.3) is 5.56 Å². The second-order valence-corrected chi connectivity index (χ2v) is 4.65. The predicted molar refractivity (Wildman–Crippen MR) is 77.7 cm³/mol. The average Bonchev–Trinajstić information content (AvgIpc) is 2.38. The Balaban J connectivity index is 2.73. The van der Waals surface area contributed by atoms with E-state index in [0.29, 0.717) is 17.6 Å². The van der Waals surface area contributed by atoms with Gasteiger partial charge in [0.15, 0.2) is 0 Å². The number of nitrogens with zero attached hydrogens (tertiary/aromatic N) is 2. The maximum Gasteiger partial charge on any atom is 0.283 e. The van der Waals surface area contributed by atoms with Gasteiger partial charge in [-0.05, 0) is 29.3 Å². The van der Waals surface area contributed by atoms with Crippen LogP contribution in [0.5, 0.6) is 0 Å². The van der Waals surface area contributed by atoms with Gasteiger partial charge in [0.2, 0.25) is 0 Å². The zero-order valence-electron chi connectivity index (χ0n) is 10.8. The van der Waals surface area contributed by atoms with Crippen LogP contribution in [0, 0.1) is 11.8 Å². The van der Waals surface area contributed by atoms with Crippen LogP contribution in [0.4, 0.5) is 5.69 Å². The van der Waals surface area contributed by atoms with E-state index in [1.54, 1.807) is 6.20 Å². The van der Waals surface area contributed by atoms with E-state index in [9.17, 15) is 4.79 Å². The zero-order chi connectivity index (χ0) is 13.4. The van der Waals surface area contributed by atoms with E-state index in [0.717, 1.165) is 24.9 Å². The summed E-state index contributed by atoms with van der Waals surface area (Å²) in [4.78, 5) is 12.0. The molecule has 1 rings (SSSR count). The predicted octanol–water partition coefficient (Wildman–Crippen LogP) is 2.63. The highest BCUT2D eigenvalue weighted by molar-refractivity contribution is 9.10. The minimum absolute atomic E-state index is 0.0879. The van der Waals surface area contributed by atoms with Crippen LogP contribution in [0.2, 0.25) is 0 Å². The van der Waals surface area contributed by atoms with Crippen LogP contribution < -0.4 is 10.9 Å². The van der Waals surface area contributed by atoms with Crippen molar-refractivity contribution in [3.8, 4) is 11.8 Å². The Morgan fingerprint density at radius 3 is 3.00 bits per heavy atom. The summed E-state index contributed by atoms with van der Waals surface area (Å²) in [5.74, 6) is 5.79. The Labute approximate surface area is 116 Å². The Morgan fingerprint density at radius 1 is 1.56 bits per heavy atom. The second-order valence-electron chi connectivity index (χ2n) is 3.86. The van der Waals surface area contributed by atoms with E-state index in [1.165, 1.54) is 4.68 Å².